The van der Waals surface area contributed by atoms with Crippen LogP contribution in [0.1, 0.15) is 16.8 Å². The van der Waals surface area contributed by atoms with E-state index < -0.39 is 0 Å². The van der Waals surface area contributed by atoms with Gasteiger partial charge in [-0.1, -0.05) is 15.9 Å². The van der Waals surface area contributed by atoms with Gasteiger partial charge in [0.25, 0.3) is 0 Å². The predicted octanol–water partition coefficient (Wildman–Crippen LogP) is 2.83. The van der Waals surface area contributed by atoms with Crippen LogP contribution in [0.2, 0.25) is 0 Å². The van der Waals surface area contributed by atoms with Crippen LogP contribution in [-0.2, 0) is 9.53 Å². The zero-order chi connectivity index (χ0) is 14.0. The number of anilines is 1. The first-order valence-electron chi connectivity index (χ1n) is 5.81. The number of carbonyl (C=O) groups is 2. The summed E-state index contributed by atoms with van der Waals surface area (Å²) in [4.78, 5) is 25.2. The first-order chi connectivity index (χ1) is 9.06. The SMILES string of the molecule is COC(=O)c1ccc(N2CC(CBr)CC2=O)c(I)c1. The molecule has 1 aromatic carbocycles. The van der Waals surface area contributed by atoms with Crippen LogP contribution in [-0.4, -0.2) is 30.9 Å². The Balaban J connectivity index is 2.27. The Labute approximate surface area is 133 Å². The third-order valence-corrected chi connectivity index (χ3v) is 4.86. The topological polar surface area (TPSA) is 46.6 Å². The van der Waals surface area contributed by atoms with E-state index in [0.717, 1.165) is 21.1 Å². The van der Waals surface area contributed by atoms with E-state index in [2.05, 4.69) is 43.3 Å². The molecule has 0 spiro atoms. The minimum absolute atomic E-state index is 0.133. The summed E-state index contributed by atoms with van der Waals surface area (Å²) < 4.78 is 5.56. The summed E-state index contributed by atoms with van der Waals surface area (Å²) in [6.07, 6.45) is 0.570. The smallest absolute Gasteiger partial charge is 0.337 e. The molecular weight excluding hydrogens is 425 g/mol. The van der Waals surface area contributed by atoms with Crippen molar-refractivity contribution in [3.63, 3.8) is 0 Å². The maximum atomic E-state index is 12.0. The Morgan fingerprint density at radius 1 is 1.58 bits per heavy atom. The number of alkyl halides is 1. The third kappa shape index (κ3) is 3.10. The lowest BCUT2D eigenvalue weighted by molar-refractivity contribution is -0.117. The standard InChI is InChI=1S/C13H13BrINO3/c1-19-13(18)9-2-3-11(10(15)5-9)16-7-8(6-14)4-12(16)17/h2-3,5,8H,4,6-7H2,1H3. The summed E-state index contributed by atoms with van der Waals surface area (Å²) in [6, 6.07) is 5.25. The van der Waals surface area contributed by atoms with Crippen molar-refractivity contribution in [2.24, 2.45) is 5.92 Å². The van der Waals surface area contributed by atoms with Crippen molar-refractivity contribution in [1.29, 1.82) is 0 Å². The van der Waals surface area contributed by atoms with E-state index in [4.69, 9.17) is 0 Å². The fraction of sp³-hybridized carbons (Fsp3) is 0.385. The van der Waals surface area contributed by atoms with E-state index in [-0.39, 0.29) is 11.9 Å². The summed E-state index contributed by atoms with van der Waals surface area (Å²) in [5.41, 5.74) is 1.36. The molecule has 2 rings (SSSR count). The van der Waals surface area contributed by atoms with E-state index in [1.807, 2.05) is 6.07 Å². The highest BCUT2D eigenvalue weighted by Crippen LogP contribution is 2.30. The van der Waals surface area contributed by atoms with Crippen molar-refractivity contribution in [1.82, 2.24) is 0 Å². The number of hydrogen-bond donors (Lipinski definition) is 0. The second kappa shape index (κ2) is 6.21. The Hall–Kier alpha value is -0.630. The number of hydrogen-bond acceptors (Lipinski definition) is 3. The number of nitrogens with zero attached hydrogens (tertiary/aromatic N) is 1. The molecular formula is C13H13BrINO3. The Bertz CT molecular complexity index is 521. The zero-order valence-electron chi connectivity index (χ0n) is 10.4. The lowest BCUT2D eigenvalue weighted by atomic mass is 10.1. The minimum Gasteiger partial charge on any atom is -0.465 e. The van der Waals surface area contributed by atoms with Crippen LogP contribution in [0.25, 0.3) is 0 Å². The Morgan fingerprint density at radius 3 is 2.84 bits per heavy atom. The number of halogens is 2. The van der Waals surface area contributed by atoms with Crippen LogP contribution in [0.5, 0.6) is 0 Å². The van der Waals surface area contributed by atoms with Crippen LogP contribution in [0.4, 0.5) is 5.69 Å². The van der Waals surface area contributed by atoms with Gasteiger partial charge in [0, 0.05) is 21.9 Å². The quantitative estimate of drug-likeness (QED) is 0.415. The van der Waals surface area contributed by atoms with E-state index in [1.165, 1.54) is 7.11 Å². The molecule has 102 valence electrons. The maximum absolute atomic E-state index is 12.0. The molecule has 19 heavy (non-hydrogen) atoms. The second-order valence-electron chi connectivity index (χ2n) is 4.39. The minimum atomic E-state index is -0.365. The highest BCUT2D eigenvalue weighted by molar-refractivity contribution is 14.1. The number of ether oxygens (including phenoxy) is 1. The van der Waals surface area contributed by atoms with Gasteiger partial charge in [-0.15, -0.1) is 0 Å². The van der Waals surface area contributed by atoms with Crippen molar-refractivity contribution < 1.29 is 14.3 Å². The summed E-state index contributed by atoms with van der Waals surface area (Å²) in [5, 5.41) is 0.825. The monoisotopic (exact) mass is 437 g/mol. The number of benzene rings is 1. The van der Waals surface area contributed by atoms with Crippen molar-refractivity contribution in [3.8, 4) is 0 Å². The number of methoxy groups -OCH3 is 1. The van der Waals surface area contributed by atoms with E-state index >= 15 is 0 Å². The highest BCUT2D eigenvalue weighted by atomic mass is 127. The molecule has 0 N–H and O–H groups in total. The fourth-order valence-corrected chi connectivity index (χ4v) is 3.33. The van der Waals surface area contributed by atoms with Gasteiger partial charge >= 0.3 is 5.97 Å². The highest BCUT2D eigenvalue weighted by Gasteiger charge is 2.30. The second-order valence-corrected chi connectivity index (χ2v) is 6.20. The van der Waals surface area contributed by atoms with Crippen molar-refractivity contribution >= 4 is 56.1 Å². The average molecular weight is 438 g/mol. The fourth-order valence-electron chi connectivity index (χ4n) is 2.09. The molecule has 1 unspecified atom stereocenters. The van der Waals surface area contributed by atoms with Crippen molar-refractivity contribution in [2.75, 3.05) is 23.9 Å². The number of carbonyl (C=O) groups excluding carboxylic acids is 2. The molecule has 0 aromatic heterocycles. The van der Waals surface area contributed by atoms with Gasteiger partial charge in [0.2, 0.25) is 5.91 Å². The molecule has 1 aromatic rings. The van der Waals surface area contributed by atoms with Gasteiger partial charge in [-0.2, -0.15) is 0 Å². The van der Waals surface area contributed by atoms with Gasteiger partial charge in [0.1, 0.15) is 0 Å². The van der Waals surface area contributed by atoms with Gasteiger partial charge in [0.15, 0.2) is 0 Å². The van der Waals surface area contributed by atoms with E-state index in [9.17, 15) is 9.59 Å². The lowest BCUT2D eigenvalue weighted by Gasteiger charge is -2.18. The lowest BCUT2D eigenvalue weighted by Crippen LogP contribution is -2.25. The maximum Gasteiger partial charge on any atom is 0.337 e. The summed E-state index contributed by atoms with van der Waals surface area (Å²) in [5.74, 6) is 0.118. The molecule has 0 radical (unpaired) electrons. The zero-order valence-corrected chi connectivity index (χ0v) is 14.1. The van der Waals surface area contributed by atoms with Gasteiger partial charge in [-0.3, -0.25) is 4.79 Å². The summed E-state index contributed by atoms with van der Waals surface area (Å²) in [6.45, 7) is 0.720. The predicted molar refractivity (Wildman–Crippen MR) is 84.8 cm³/mol. The molecule has 1 amide bonds. The van der Waals surface area contributed by atoms with Crippen LogP contribution in [0.3, 0.4) is 0 Å². The number of esters is 1. The largest absolute Gasteiger partial charge is 0.465 e. The summed E-state index contributed by atoms with van der Waals surface area (Å²) in [7, 11) is 1.35. The Kier molecular flexibility index (Phi) is 4.83. The molecule has 6 heteroatoms. The molecule has 1 aliphatic heterocycles. The van der Waals surface area contributed by atoms with Gasteiger partial charge in [0.05, 0.1) is 18.4 Å². The first-order valence-corrected chi connectivity index (χ1v) is 8.01. The molecule has 1 fully saturated rings. The van der Waals surface area contributed by atoms with Gasteiger partial charge < -0.3 is 9.64 Å². The summed E-state index contributed by atoms with van der Waals surface area (Å²) >= 11 is 5.56. The average Bonchev–Trinajstić information content (AvgIpc) is 2.79. The van der Waals surface area contributed by atoms with Crippen LogP contribution in [0, 0.1) is 9.49 Å². The molecule has 0 aliphatic carbocycles. The molecule has 4 nitrogen and oxygen atoms in total. The number of amides is 1. The van der Waals surface area contributed by atoms with Crippen LogP contribution >= 0.6 is 38.5 Å². The van der Waals surface area contributed by atoms with Gasteiger partial charge in [-0.25, -0.2) is 4.79 Å². The van der Waals surface area contributed by atoms with Gasteiger partial charge in [-0.05, 0) is 46.7 Å². The number of rotatable bonds is 3. The molecule has 0 saturated carbocycles. The molecule has 1 aliphatic rings. The van der Waals surface area contributed by atoms with Crippen molar-refractivity contribution in [3.05, 3.63) is 27.3 Å². The van der Waals surface area contributed by atoms with Crippen LogP contribution < -0.4 is 4.90 Å². The van der Waals surface area contributed by atoms with Crippen molar-refractivity contribution in [2.45, 2.75) is 6.42 Å². The molecule has 1 heterocycles. The molecule has 0 bridgehead atoms. The third-order valence-electron chi connectivity index (χ3n) is 3.08. The Morgan fingerprint density at radius 2 is 2.32 bits per heavy atom. The molecule has 1 saturated heterocycles. The normalized spacial score (nSPS) is 18.8. The molecule has 1 atom stereocenters. The van der Waals surface area contributed by atoms with E-state index in [1.54, 1.807) is 17.0 Å². The van der Waals surface area contributed by atoms with E-state index in [0.29, 0.717) is 17.9 Å². The first kappa shape index (κ1) is 14.8. The van der Waals surface area contributed by atoms with Crippen LogP contribution in [0.15, 0.2) is 18.2 Å².